The molecule has 0 fully saturated rings. The summed E-state index contributed by atoms with van der Waals surface area (Å²) in [7, 11) is 0. The molecule has 1 nitrogen and oxygen atoms in total. The fourth-order valence-corrected chi connectivity index (χ4v) is 5.37. The summed E-state index contributed by atoms with van der Waals surface area (Å²) < 4.78 is 27.7. The Balaban J connectivity index is 1.61. The van der Waals surface area contributed by atoms with Gasteiger partial charge in [-0.15, -0.1) is 0 Å². The Morgan fingerprint density at radius 3 is 1.76 bits per heavy atom. The summed E-state index contributed by atoms with van der Waals surface area (Å²) in [5.41, 5.74) is 7.32. The molecule has 37 heavy (non-hydrogen) atoms. The van der Waals surface area contributed by atoms with Crippen molar-refractivity contribution in [3.63, 3.8) is 0 Å². The van der Waals surface area contributed by atoms with Crippen LogP contribution < -0.4 is 0 Å². The minimum atomic E-state index is -0.354. The Labute approximate surface area is 214 Å². The first-order valence-corrected chi connectivity index (χ1v) is 12.4. The molecule has 1 unspecified atom stereocenters. The van der Waals surface area contributed by atoms with Crippen molar-refractivity contribution in [3.05, 3.63) is 154 Å². The first-order chi connectivity index (χ1) is 18.0. The van der Waals surface area contributed by atoms with Crippen LogP contribution in [0.3, 0.4) is 0 Å². The molecule has 1 atom stereocenters. The highest BCUT2D eigenvalue weighted by Gasteiger charge is 2.35. The second-order valence-electron chi connectivity index (χ2n) is 9.64. The molecule has 0 spiro atoms. The van der Waals surface area contributed by atoms with Crippen molar-refractivity contribution in [1.29, 1.82) is 0 Å². The SMILES string of the molecule is Cc1ccc(C(=O)C2CC(=C(c3ccc(F)cc3)c3ccc(F)cc3)c3cc4ccccc4cc32)cc1. The third-order valence-electron chi connectivity index (χ3n) is 7.25. The Morgan fingerprint density at radius 1 is 0.676 bits per heavy atom. The minimum Gasteiger partial charge on any atom is -0.293 e. The van der Waals surface area contributed by atoms with Crippen molar-refractivity contribution in [2.45, 2.75) is 19.3 Å². The summed E-state index contributed by atoms with van der Waals surface area (Å²) in [6.07, 6.45) is 0.502. The predicted octanol–water partition coefficient (Wildman–Crippen LogP) is 8.76. The maximum Gasteiger partial charge on any atom is 0.170 e. The van der Waals surface area contributed by atoms with Crippen molar-refractivity contribution < 1.29 is 13.6 Å². The van der Waals surface area contributed by atoms with Gasteiger partial charge in [-0.05, 0) is 93.9 Å². The van der Waals surface area contributed by atoms with Crippen molar-refractivity contribution in [2.75, 3.05) is 0 Å². The van der Waals surface area contributed by atoms with E-state index in [9.17, 15) is 13.6 Å². The number of benzene rings is 5. The highest BCUT2D eigenvalue weighted by atomic mass is 19.1. The predicted molar refractivity (Wildman–Crippen MR) is 146 cm³/mol. The van der Waals surface area contributed by atoms with E-state index in [1.165, 1.54) is 24.3 Å². The maximum absolute atomic E-state index is 13.9. The zero-order valence-corrected chi connectivity index (χ0v) is 20.3. The average Bonchev–Trinajstić information content (AvgIpc) is 3.27. The average molecular weight is 487 g/mol. The smallest absolute Gasteiger partial charge is 0.170 e. The number of halogens is 2. The van der Waals surface area contributed by atoms with Crippen LogP contribution in [0, 0.1) is 18.6 Å². The summed E-state index contributed by atoms with van der Waals surface area (Å²) >= 11 is 0. The van der Waals surface area contributed by atoms with Gasteiger partial charge in [0.2, 0.25) is 0 Å². The third kappa shape index (κ3) is 4.27. The largest absolute Gasteiger partial charge is 0.293 e. The van der Waals surface area contributed by atoms with Gasteiger partial charge in [0.15, 0.2) is 5.78 Å². The number of Topliss-reactive ketones (excluding diaryl/α,β-unsaturated/α-hetero) is 1. The lowest BCUT2D eigenvalue weighted by atomic mass is 9.89. The molecule has 0 saturated carbocycles. The highest BCUT2D eigenvalue weighted by molar-refractivity contribution is 6.10. The number of aryl methyl sites for hydroxylation is 1. The zero-order valence-electron chi connectivity index (χ0n) is 20.3. The molecule has 3 heteroatoms. The lowest BCUT2D eigenvalue weighted by Gasteiger charge is -2.15. The van der Waals surface area contributed by atoms with Gasteiger partial charge in [0, 0.05) is 5.56 Å². The van der Waals surface area contributed by atoms with Gasteiger partial charge in [-0.25, -0.2) is 8.78 Å². The fourth-order valence-electron chi connectivity index (χ4n) is 5.37. The first-order valence-electron chi connectivity index (χ1n) is 12.4. The number of rotatable bonds is 4. The number of carbonyl (C=O) groups is 1. The van der Waals surface area contributed by atoms with E-state index in [1.54, 1.807) is 24.3 Å². The van der Waals surface area contributed by atoms with E-state index in [4.69, 9.17) is 0 Å². The van der Waals surface area contributed by atoms with Crippen LogP contribution in [-0.2, 0) is 0 Å². The summed E-state index contributed by atoms with van der Waals surface area (Å²) in [6, 6.07) is 32.8. The fraction of sp³-hybridized carbons (Fsp3) is 0.0882. The normalized spacial score (nSPS) is 14.6. The van der Waals surface area contributed by atoms with Crippen molar-refractivity contribution >= 4 is 27.7 Å². The van der Waals surface area contributed by atoms with Gasteiger partial charge in [0.05, 0.1) is 5.92 Å². The van der Waals surface area contributed by atoms with E-state index < -0.39 is 0 Å². The standard InChI is InChI=1S/C34H24F2O/c1-21-6-8-24(9-7-21)34(37)32-20-31(29-18-25-4-2-3-5-26(25)19-30(29)32)33(22-10-14-27(35)15-11-22)23-12-16-28(36)17-13-23/h2-19,32H,20H2,1H3. The molecule has 1 aliphatic carbocycles. The van der Waals surface area contributed by atoms with Crippen LogP contribution in [0.25, 0.3) is 21.9 Å². The van der Waals surface area contributed by atoms with E-state index >= 15 is 0 Å². The van der Waals surface area contributed by atoms with Gasteiger partial charge in [-0.2, -0.15) is 0 Å². The van der Waals surface area contributed by atoms with E-state index in [0.717, 1.165) is 49.7 Å². The molecule has 0 radical (unpaired) electrons. The molecular weight excluding hydrogens is 462 g/mol. The molecule has 0 aliphatic heterocycles. The lowest BCUT2D eigenvalue weighted by molar-refractivity contribution is 0.0963. The summed E-state index contributed by atoms with van der Waals surface area (Å²) in [5, 5.41) is 2.16. The van der Waals surface area contributed by atoms with Gasteiger partial charge in [0.1, 0.15) is 11.6 Å². The monoisotopic (exact) mass is 486 g/mol. The van der Waals surface area contributed by atoms with Gasteiger partial charge in [-0.1, -0.05) is 78.4 Å². The second-order valence-corrected chi connectivity index (χ2v) is 9.64. The summed E-state index contributed by atoms with van der Waals surface area (Å²) in [5.74, 6) is -0.924. The molecule has 1 aliphatic rings. The quantitative estimate of drug-likeness (QED) is 0.232. The molecule has 0 bridgehead atoms. The Morgan fingerprint density at radius 2 is 1.19 bits per heavy atom. The maximum atomic E-state index is 13.9. The zero-order chi connectivity index (χ0) is 25.5. The van der Waals surface area contributed by atoms with Gasteiger partial charge in [-0.3, -0.25) is 4.79 Å². The molecule has 0 N–H and O–H groups in total. The van der Waals surface area contributed by atoms with E-state index in [1.807, 2.05) is 43.3 Å². The van der Waals surface area contributed by atoms with Crippen LogP contribution in [0.15, 0.2) is 109 Å². The van der Waals surface area contributed by atoms with E-state index in [0.29, 0.717) is 12.0 Å². The molecular formula is C34H24F2O. The molecule has 180 valence electrons. The topological polar surface area (TPSA) is 17.1 Å². The van der Waals surface area contributed by atoms with Gasteiger partial charge < -0.3 is 0 Å². The molecule has 0 heterocycles. The van der Waals surface area contributed by atoms with Crippen LogP contribution >= 0.6 is 0 Å². The van der Waals surface area contributed by atoms with Gasteiger partial charge in [0.25, 0.3) is 0 Å². The van der Waals surface area contributed by atoms with Crippen LogP contribution in [0.4, 0.5) is 8.78 Å². The molecule has 5 aromatic carbocycles. The highest BCUT2D eigenvalue weighted by Crippen LogP contribution is 2.49. The second kappa shape index (κ2) is 9.25. The number of ketones is 1. The molecule has 5 aromatic rings. The minimum absolute atomic E-state index is 0.0732. The van der Waals surface area contributed by atoms with Crippen LogP contribution in [-0.4, -0.2) is 5.78 Å². The van der Waals surface area contributed by atoms with Crippen molar-refractivity contribution in [1.82, 2.24) is 0 Å². The molecule has 0 aromatic heterocycles. The van der Waals surface area contributed by atoms with Crippen molar-refractivity contribution in [3.8, 4) is 0 Å². The molecule has 0 saturated heterocycles. The number of hydrogen-bond donors (Lipinski definition) is 0. The van der Waals surface area contributed by atoms with Crippen LogP contribution in [0.5, 0.6) is 0 Å². The first kappa shape index (κ1) is 23.1. The Bertz CT molecular complexity index is 1610. The third-order valence-corrected chi connectivity index (χ3v) is 7.25. The number of fused-ring (bicyclic) bond motifs is 2. The summed E-state index contributed by atoms with van der Waals surface area (Å²) in [6.45, 7) is 2.00. The summed E-state index contributed by atoms with van der Waals surface area (Å²) in [4.78, 5) is 13.9. The van der Waals surface area contributed by atoms with Crippen LogP contribution in [0.2, 0.25) is 0 Å². The number of hydrogen-bond acceptors (Lipinski definition) is 1. The van der Waals surface area contributed by atoms with E-state index in [2.05, 4.69) is 24.3 Å². The number of allylic oxidation sites excluding steroid dienone is 1. The van der Waals surface area contributed by atoms with Gasteiger partial charge >= 0.3 is 0 Å². The van der Waals surface area contributed by atoms with E-state index in [-0.39, 0.29) is 23.3 Å². The lowest BCUT2D eigenvalue weighted by Crippen LogP contribution is -2.10. The molecule has 6 rings (SSSR count). The molecule has 0 amide bonds. The number of carbonyl (C=O) groups excluding carboxylic acids is 1. The van der Waals surface area contributed by atoms with Crippen molar-refractivity contribution in [2.24, 2.45) is 0 Å². The Kier molecular flexibility index (Phi) is 5.77. The Hall–Kier alpha value is -4.37. The van der Waals surface area contributed by atoms with Crippen LogP contribution in [0.1, 0.15) is 50.5 Å².